The quantitative estimate of drug-likeness (QED) is 0.885. The SMILES string of the molecule is O=C(O)CC1CNCCN(c2ncnc3ccsc23)C1. The number of aliphatic carboxylic acids is 1. The van der Waals surface area contributed by atoms with E-state index in [1.807, 2.05) is 11.4 Å². The fraction of sp³-hybridized carbons (Fsp3) is 0.462. The molecule has 0 bridgehead atoms. The first-order valence-electron chi connectivity index (χ1n) is 6.59. The van der Waals surface area contributed by atoms with E-state index < -0.39 is 5.97 Å². The highest BCUT2D eigenvalue weighted by molar-refractivity contribution is 7.17. The third kappa shape index (κ3) is 2.73. The van der Waals surface area contributed by atoms with Crippen LogP contribution in [0.2, 0.25) is 0 Å². The number of carboxylic acid groups (broad SMARTS) is 1. The molecule has 0 radical (unpaired) electrons. The molecule has 0 aliphatic carbocycles. The van der Waals surface area contributed by atoms with Crippen molar-refractivity contribution in [3.8, 4) is 0 Å². The van der Waals surface area contributed by atoms with Gasteiger partial charge in [0.2, 0.25) is 0 Å². The molecule has 1 aliphatic rings. The van der Waals surface area contributed by atoms with Crippen LogP contribution in [0.3, 0.4) is 0 Å². The Morgan fingerprint density at radius 1 is 1.55 bits per heavy atom. The average molecular weight is 292 g/mol. The number of rotatable bonds is 3. The van der Waals surface area contributed by atoms with Crippen molar-refractivity contribution in [1.29, 1.82) is 0 Å². The normalized spacial score (nSPS) is 20.0. The summed E-state index contributed by atoms with van der Waals surface area (Å²) in [6.07, 6.45) is 1.76. The zero-order valence-electron chi connectivity index (χ0n) is 11.0. The number of thiophene rings is 1. The Kier molecular flexibility index (Phi) is 3.79. The second-order valence-corrected chi connectivity index (χ2v) is 5.86. The highest BCUT2D eigenvalue weighted by atomic mass is 32.1. The van der Waals surface area contributed by atoms with Gasteiger partial charge >= 0.3 is 5.97 Å². The Balaban J connectivity index is 1.87. The van der Waals surface area contributed by atoms with E-state index in [0.29, 0.717) is 6.54 Å². The third-order valence-electron chi connectivity index (χ3n) is 3.46. The maximum absolute atomic E-state index is 10.9. The topological polar surface area (TPSA) is 78.4 Å². The van der Waals surface area contributed by atoms with Crippen LogP contribution in [0.5, 0.6) is 0 Å². The van der Waals surface area contributed by atoms with Crippen molar-refractivity contribution in [3.05, 3.63) is 17.8 Å². The maximum atomic E-state index is 10.9. The van der Waals surface area contributed by atoms with Crippen molar-refractivity contribution in [3.63, 3.8) is 0 Å². The van der Waals surface area contributed by atoms with Crippen molar-refractivity contribution in [2.45, 2.75) is 6.42 Å². The smallest absolute Gasteiger partial charge is 0.303 e. The number of hydrogen-bond acceptors (Lipinski definition) is 6. The molecule has 2 aromatic heterocycles. The molecule has 2 aromatic rings. The molecule has 2 N–H and O–H groups in total. The van der Waals surface area contributed by atoms with Crippen LogP contribution in [0.25, 0.3) is 10.2 Å². The molecular formula is C13H16N4O2S. The summed E-state index contributed by atoms with van der Waals surface area (Å²) in [4.78, 5) is 21.8. The summed E-state index contributed by atoms with van der Waals surface area (Å²) in [6.45, 7) is 3.12. The molecule has 1 saturated heterocycles. The standard InChI is InChI=1S/C13H16N4O2S/c18-11(19)5-9-6-14-2-3-17(7-9)13-12-10(1-4-20-12)15-8-16-13/h1,4,8-9,14H,2-3,5-7H2,(H,18,19). The minimum absolute atomic E-state index is 0.0972. The summed E-state index contributed by atoms with van der Waals surface area (Å²) < 4.78 is 1.07. The predicted octanol–water partition coefficient (Wildman–Crippen LogP) is 1.19. The summed E-state index contributed by atoms with van der Waals surface area (Å²) in [5, 5.41) is 14.3. The van der Waals surface area contributed by atoms with Gasteiger partial charge in [0.15, 0.2) is 0 Å². The van der Waals surface area contributed by atoms with Gasteiger partial charge in [-0.05, 0) is 17.4 Å². The van der Waals surface area contributed by atoms with E-state index in [4.69, 9.17) is 5.11 Å². The van der Waals surface area contributed by atoms with E-state index >= 15 is 0 Å². The van der Waals surface area contributed by atoms with Crippen LogP contribution >= 0.6 is 11.3 Å². The van der Waals surface area contributed by atoms with E-state index in [1.165, 1.54) is 0 Å². The van der Waals surface area contributed by atoms with Crippen LogP contribution in [-0.4, -0.2) is 47.2 Å². The summed E-state index contributed by atoms with van der Waals surface area (Å²) in [5.41, 5.74) is 0.951. The van der Waals surface area contributed by atoms with Crippen molar-refractivity contribution in [1.82, 2.24) is 15.3 Å². The molecule has 7 heteroatoms. The Morgan fingerprint density at radius 3 is 3.30 bits per heavy atom. The zero-order valence-corrected chi connectivity index (χ0v) is 11.8. The van der Waals surface area contributed by atoms with Crippen LogP contribution in [0, 0.1) is 5.92 Å². The van der Waals surface area contributed by atoms with Gasteiger partial charge in [-0.2, -0.15) is 0 Å². The van der Waals surface area contributed by atoms with Crippen molar-refractivity contribution in [2.75, 3.05) is 31.1 Å². The number of carboxylic acids is 1. The zero-order chi connectivity index (χ0) is 13.9. The molecule has 1 atom stereocenters. The van der Waals surface area contributed by atoms with Crippen LogP contribution in [0.4, 0.5) is 5.82 Å². The first-order chi connectivity index (χ1) is 9.74. The van der Waals surface area contributed by atoms with Gasteiger partial charge in [0, 0.05) is 26.2 Å². The Labute approximate surface area is 120 Å². The molecule has 0 aromatic carbocycles. The van der Waals surface area contributed by atoms with Gasteiger partial charge < -0.3 is 15.3 Å². The fourth-order valence-corrected chi connectivity index (χ4v) is 3.43. The van der Waals surface area contributed by atoms with Gasteiger partial charge in [-0.1, -0.05) is 0 Å². The van der Waals surface area contributed by atoms with Crippen molar-refractivity contribution < 1.29 is 9.90 Å². The van der Waals surface area contributed by atoms with Gasteiger partial charge in [-0.3, -0.25) is 4.79 Å². The number of anilines is 1. The molecule has 0 amide bonds. The highest BCUT2D eigenvalue weighted by Gasteiger charge is 2.22. The summed E-state index contributed by atoms with van der Waals surface area (Å²) in [7, 11) is 0. The van der Waals surface area contributed by atoms with Gasteiger partial charge in [0.25, 0.3) is 0 Å². The van der Waals surface area contributed by atoms with Gasteiger partial charge in [0.1, 0.15) is 12.1 Å². The van der Waals surface area contributed by atoms with E-state index in [9.17, 15) is 4.79 Å². The van der Waals surface area contributed by atoms with Gasteiger partial charge in [-0.25, -0.2) is 9.97 Å². The number of nitrogens with one attached hydrogen (secondary N) is 1. The second kappa shape index (κ2) is 5.72. The average Bonchev–Trinajstić information content (AvgIpc) is 2.78. The monoisotopic (exact) mass is 292 g/mol. The highest BCUT2D eigenvalue weighted by Crippen LogP contribution is 2.28. The number of hydrogen-bond donors (Lipinski definition) is 2. The number of aromatic nitrogens is 2. The fourth-order valence-electron chi connectivity index (χ4n) is 2.56. The maximum Gasteiger partial charge on any atom is 0.303 e. The molecule has 106 valence electrons. The molecule has 6 nitrogen and oxygen atoms in total. The lowest BCUT2D eigenvalue weighted by molar-refractivity contribution is -0.137. The Morgan fingerprint density at radius 2 is 2.45 bits per heavy atom. The van der Waals surface area contributed by atoms with E-state index in [1.54, 1.807) is 17.7 Å². The number of carbonyl (C=O) groups is 1. The molecule has 0 spiro atoms. The van der Waals surface area contributed by atoms with E-state index in [-0.39, 0.29) is 12.3 Å². The Hall–Kier alpha value is -1.73. The molecule has 1 unspecified atom stereocenters. The molecule has 1 aliphatic heterocycles. The minimum Gasteiger partial charge on any atom is -0.481 e. The molecule has 1 fully saturated rings. The predicted molar refractivity (Wildman–Crippen MR) is 78.2 cm³/mol. The molecule has 0 saturated carbocycles. The molecular weight excluding hydrogens is 276 g/mol. The lowest BCUT2D eigenvalue weighted by Crippen LogP contribution is -2.31. The number of nitrogens with zero attached hydrogens (tertiary/aromatic N) is 3. The van der Waals surface area contributed by atoms with Gasteiger partial charge in [-0.15, -0.1) is 11.3 Å². The largest absolute Gasteiger partial charge is 0.481 e. The second-order valence-electron chi connectivity index (χ2n) is 4.95. The van der Waals surface area contributed by atoms with Crippen LogP contribution in [0.15, 0.2) is 17.8 Å². The third-order valence-corrected chi connectivity index (χ3v) is 4.36. The van der Waals surface area contributed by atoms with Gasteiger partial charge in [0.05, 0.1) is 16.6 Å². The first kappa shape index (κ1) is 13.3. The number of fused-ring (bicyclic) bond motifs is 1. The van der Waals surface area contributed by atoms with E-state index in [2.05, 4.69) is 20.2 Å². The first-order valence-corrected chi connectivity index (χ1v) is 7.47. The molecule has 3 rings (SSSR count). The summed E-state index contributed by atoms with van der Waals surface area (Å²) in [6, 6.07) is 1.98. The van der Waals surface area contributed by atoms with Crippen LogP contribution in [-0.2, 0) is 4.79 Å². The summed E-state index contributed by atoms with van der Waals surface area (Å²) >= 11 is 1.63. The lowest BCUT2D eigenvalue weighted by Gasteiger charge is -2.24. The Bertz CT molecular complexity index is 615. The molecule has 20 heavy (non-hydrogen) atoms. The van der Waals surface area contributed by atoms with Crippen molar-refractivity contribution in [2.24, 2.45) is 5.92 Å². The summed E-state index contributed by atoms with van der Waals surface area (Å²) in [5.74, 6) is 0.270. The van der Waals surface area contributed by atoms with Crippen LogP contribution < -0.4 is 10.2 Å². The van der Waals surface area contributed by atoms with Crippen molar-refractivity contribution >= 4 is 33.3 Å². The van der Waals surface area contributed by atoms with E-state index in [0.717, 1.165) is 35.7 Å². The minimum atomic E-state index is -0.748. The van der Waals surface area contributed by atoms with Crippen LogP contribution in [0.1, 0.15) is 6.42 Å². The molecule has 3 heterocycles. The lowest BCUT2D eigenvalue weighted by atomic mass is 10.1.